The fourth-order valence-corrected chi connectivity index (χ4v) is 2.80. The van der Waals surface area contributed by atoms with Crippen LogP contribution in [-0.2, 0) is 0 Å². The van der Waals surface area contributed by atoms with Crippen LogP contribution >= 0.6 is 0 Å². The van der Waals surface area contributed by atoms with Gasteiger partial charge in [0.05, 0.1) is 5.69 Å². The predicted molar refractivity (Wildman–Crippen MR) is 82.7 cm³/mol. The first-order valence-corrected chi connectivity index (χ1v) is 7.19. The number of anilines is 2. The molecule has 2 N–H and O–H groups in total. The molecule has 0 spiro atoms. The van der Waals surface area contributed by atoms with E-state index in [1.807, 2.05) is 12.1 Å². The summed E-state index contributed by atoms with van der Waals surface area (Å²) in [5.74, 6) is 0.887. The van der Waals surface area contributed by atoms with Gasteiger partial charge in [-0.1, -0.05) is 24.3 Å². The highest BCUT2D eigenvalue weighted by atomic mass is 15.2. The van der Waals surface area contributed by atoms with Crippen molar-refractivity contribution < 1.29 is 0 Å². The van der Waals surface area contributed by atoms with Crippen molar-refractivity contribution in [1.29, 1.82) is 0 Å². The summed E-state index contributed by atoms with van der Waals surface area (Å²) in [7, 11) is 0. The van der Waals surface area contributed by atoms with E-state index < -0.39 is 0 Å². The number of nitrogens with two attached hydrogens (primary N) is 1. The van der Waals surface area contributed by atoms with Crippen LogP contribution in [0.5, 0.6) is 0 Å². The SMILES string of the molecule is Cc1ccccc1-c1ncnc(N2CCCCC2)c1N. The Bertz CT molecular complexity index is 603. The summed E-state index contributed by atoms with van der Waals surface area (Å²) < 4.78 is 0. The van der Waals surface area contributed by atoms with E-state index in [9.17, 15) is 0 Å². The lowest BCUT2D eigenvalue weighted by Crippen LogP contribution is -2.31. The largest absolute Gasteiger partial charge is 0.394 e. The van der Waals surface area contributed by atoms with E-state index in [1.165, 1.54) is 24.8 Å². The number of nitrogens with zero attached hydrogens (tertiary/aromatic N) is 3. The lowest BCUT2D eigenvalue weighted by Gasteiger charge is -2.29. The number of rotatable bonds is 2. The van der Waals surface area contributed by atoms with Gasteiger partial charge >= 0.3 is 0 Å². The fraction of sp³-hybridized carbons (Fsp3) is 0.375. The van der Waals surface area contributed by atoms with Crippen molar-refractivity contribution in [3.05, 3.63) is 36.2 Å². The number of piperidine rings is 1. The van der Waals surface area contributed by atoms with Gasteiger partial charge in [-0.05, 0) is 31.7 Å². The average molecular weight is 268 g/mol. The van der Waals surface area contributed by atoms with Crippen LogP contribution in [0.2, 0.25) is 0 Å². The summed E-state index contributed by atoms with van der Waals surface area (Å²) in [6.45, 7) is 4.15. The van der Waals surface area contributed by atoms with Gasteiger partial charge < -0.3 is 10.6 Å². The molecule has 0 bridgehead atoms. The third kappa shape index (κ3) is 2.33. The Balaban J connectivity index is 2.03. The second-order valence-electron chi connectivity index (χ2n) is 5.32. The van der Waals surface area contributed by atoms with Crippen molar-refractivity contribution in [2.75, 3.05) is 23.7 Å². The molecule has 2 aromatic rings. The molecule has 20 heavy (non-hydrogen) atoms. The lowest BCUT2D eigenvalue weighted by molar-refractivity contribution is 0.573. The van der Waals surface area contributed by atoms with E-state index >= 15 is 0 Å². The molecule has 0 saturated carbocycles. The topological polar surface area (TPSA) is 55.0 Å². The number of aromatic nitrogens is 2. The molecule has 0 radical (unpaired) electrons. The minimum absolute atomic E-state index is 0.698. The molecule has 0 amide bonds. The Morgan fingerprint density at radius 1 is 1.05 bits per heavy atom. The smallest absolute Gasteiger partial charge is 0.155 e. The zero-order valence-corrected chi connectivity index (χ0v) is 11.8. The summed E-state index contributed by atoms with van der Waals surface area (Å²) in [4.78, 5) is 11.1. The van der Waals surface area contributed by atoms with Gasteiger partial charge in [0.15, 0.2) is 5.82 Å². The van der Waals surface area contributed by atoms with Crippen molar-refractivity contribution >= 4 is 11.5 Å². The standard InChI is InChI=1S/C16H20N4/c1-12-7-3-4-8-13(12)15-14(17)16(19-11-18-15)20-9-5-2-6-10-20/h3-4,7-8,11H,2,5-6,9-10,17H2,1H3. The van der Waals surface area contributed by atoms with Gasteiger partial charge in [-0.25, -0.2) is 9.97 Å². The number of hydrogen-bond donors (Lipinski definition) is 1. The van der Waals surface area contributed by atoms with Crippen molar-refractivity contribution in [3.8, 4) is 11.3 Å². The van der Waals surface area contributed by atoms with Crippen molar-refractivity contribution in [3.63, 3.8) is 0 Å². The molecule has 1 aliphatic rings. The highest BCUT2D eigenvalue weighted by Crippen LogP contribution is 2.32. The highest BCUT2D eigenvalue weighted by molar-refractivity contribution is 5.82. The molecular weight excluding hydrogens is 248 g/mol. The fourth-order valence-electron chi connectivity index (χ4n) is 2.80. The molecule has 104 valence electrons. The molecular formula is C16H20N4. The average Bonchev–Trinajstić information content (AvgIpc) is 2.49. The van der Waals surface area contributed by atoms with E-state index in [0.717, 1.165) is 30.2 Å². The van der Waals surface area contributed by atoms with Gasteiger partial charge in [-0.3, -0.25) is 0 Å². The maximum Gasteiger partial charge on any atom is 0.155 e. The maximum atomic E-state index is 6.35. The summed E-state index contributed by atoms with van der Waals surface area (Å²) >= 11 is 0. The third-order valence-electron chi connectivity index (χ3n) is 3.92. The molecule has 0 atom stereocenters. The van der Waals surface area contributed by atoms with E-state index in [1.54, 1.807) is 6.33 Å². The second-order valence-corrected chi connectivity index (χ2v) is 5.32. The molecule has 0 unspecified atom stereocenters. The zero-order chi connectivity index (χ0) is 13.9. The summed E-state index contributed by atoms with van der Waals surface area (Å²) in [5, 5.41) is 0. The van der Waals surface area contributed by atoms with Gasteiger partial charge in [0.1, 0.15) is 12.0 Å². The molecule has 1 fully saturated rings. The first-order valence-electron chi connectivity index (χ1n) is 7.19. The minimum Gasteiger partial charge on any atom is -0.394 e. The molecule has 2 heterocycles. The Morgan fingerprint density at radius 2 is 1.80 bits per heavy atom. The van der Waals surface area contributed by atoms with Gasteiger partial charge in [0.25, 0.3) is 0 Å². The molecule has 1 aromatic carbocycles. The van der Waals surface area contributed by atoms with Crippen molar-refractivity contribution in [2.24, 2.45) is 0 Å². The Hall–Kier alpha value is -2.10. The van der Waals surface area contributed by atoms with Crippen LogP contribution < -0.4 is 10.6 Å². The van der Waals surface area contributed by atoms with Crippen LogP contribution in [0.4, 0.5) is 11.5 Å². The predicted octanol–water partition coefficient (Wildman–Crippen LogP) is 3.02. The molecule has 0 aliphatic carbocycles. The first-order chi connectivity index (χ1) is 9.77. The van der Waals surface area contributed by atoms with E-state index in [4.69, 9.17) is 5.73 Å². The number of nitrogen functional groups attached to an aromatic ring is 1. The second kappa shape index (κ2) is 5.49. The molecule has 3 rings (SSSR count). The molecule has 1 saturated heterocycles. The Kier molecular flexibility index (Phi) is 3.54. The minimum atomic E-state index is 0.698. The summed E-state index contributed by atoms with van der Waals surface area (Å²) in [6.07, 6.45) is 5.35. The number of aryl methyl sites for hydroxylation is 1. The Labute approximate surface area is 119 Å². The Morgan fingerprint density at radius 3 is 2.55 bits per heavy atom. The normalized spacial score (nSPS) is 15.3. The van der Waals surface area contributed by atoms with Crippen molar-refractivity contribution in [1.82, 2.24) is 9.97 Å². The summed E-state index contributed by atoms with van der Waals surface area (Å²) in [6, 6.07) is 8.19. The van der Waals surface area contributed by atoms with Crippen LogP contribution in [0.1, 0.15) is 24.8 Å². The number of benzene rings is 1. The van der Waals surface area contributed by atoms with Gasteiger partial charge in [0, 0.05) is 18.7 Å². The highest BCUT2D eigenvalue weighted by Gasteiger charge is 2.18. The van der Waals surface area contributed by atoms with E-state index in [-0.39, 0.29) is 0 Å². The third-order valence-corrected chi connectivity index (χ3v) is 3.92. The van der Waals surface area contributed by atoms with Gasteiger partial charge in [0.2, 0.25) is 0 Å². The van der Waals surface area contributed by atoms with E-state index in [2.05, 4.69) is 33.9 Å². The molecule has 1 aromatic heterocycles. The van der Waals surface area contributed by atoms with Crippen LogP contribution in [0.25, 0.3) is 11.3 Å². The van der Waals surface area contributed by atoms with Gasteiger partial charge in [-0.2, -0.15) is 0 Å². The van der Waals surface area contributed by atoms with Crippen LogP contribution in [-0.4, -0.2) is 23.1 Å². The van der Waals surface area contributed by atoms with E-state index in [0.29, 0.717) is 5.69 Å². The molecule has 4 heteroatoms. The van der Waals surface area contributed by atoms with Crippen LogP contribution in [0, 0.1) is 6.92 Å². The van der Waals surface area contributed by atoms with Crippen molar-refractivity contribution in [2.45, 2.75) is 26.2 Å². The molecule has 4 nitrogen and oxygen atoms in total. The lowest BCUT2D eigenvalue weighted by atomic mass is 10.0. The van der Waals surface area contributed by atoms with Crippen LogP contribution in [0.15, 0.2) is 30.6 Å². The first kappa shape index (κ1) is 12.9. The molecule has 1 aliphatic heterocycles. The number of hydrogen-bond acceptors (Lipinski definition) is 4. The summed E-state index contributed by atoms with van der Waals surface area (Å²) in [5.41, 5.74) is 10.2. The van der Waals surface area contributed by atoms with Gasteiger partial charge in [-0.15, -0.1) is 0 Å². The maximum absolute atomic E-state index is 6.35. The van der Waals surface area contributed by atoms with Crippen LogP contribution in [0.3, 0.4) is 0 Å². The zero-order valence-electron chi connectivity index (χ0n) is 11.8. The monoisotopic (exact) mass is 268 g/mol. The quantitative estimate of drug-likeness (QED) is 0.909.